The number of thioether (sulfide) groups is 1. The second kappa shape index (κ2) is 10.4. The van der Waals surface area contributed by atoms with Crippen LogP contribution in [0.15, 0.2) is 41.3 Å². The Labute approximate surface area is 203 Å². The van der Waals surface area contributed by atoms with Crippen molar-refractivity contribution in [1.29, 1.82) is 0 Å². The van der Waals surface area contributed by atoms with Crippen LogP contribution in [0, 0.1) is 25.7 Å². The van der Waals surface area contributed by atoms with Gasteiger partial charge in [0, 0.05) is 29.5 Å². The lowest BCUT2D eigenvalue weighted by Crippen LogP contribution is -2.36. The van der Waals surface area contributed by atoms with E-state index in [4.69, 9.17) is 4.74 Å². The molecule has 0 radical (unpaired) electrons. The molecule has 3 rings (SSSR count). The maximum atomic E-state index is 13.3. The average Bonchev–Trinajstić information content (AvgIpc) is 3.14. The van der Waals surface area contributed by atoms with Gasteiger partial charge in [0.15, 0.2) is 17.2 Å². The van der Waals surface area contributed by atoms with Crippen molar-refractivity contribution in [2.24, 2.45) is 11.8 Å². The minimum absolute atomic E-state index is 0.00882. The van der Waals surface area contributed by atoms with Crippen molar-refractivity contribution in [2.75, 3.05) is 26.4 Å². The van der Waals surface area contributed by atoms with Crippen molar-refractivity contribution in [2.45, 2.75) is 58.0 Å². The number of likely N-dealkylation sites (tertiary alicyclic amines) is 1. The van der Waals surface area contributed by atoms with Crippen molar-refractivity contribution in [3.8, 4) is 5.75 Å². The molecule has 2 aromatic carbocycles. The minimum atomic E-state index is -0.840. The fourth-order valence-corrected chi connectivity index (χ4v) is 5.08. The van der Waals surface area contributed by atoms with Gasteiger partial charge in [-0.25, -0.2) is 0 Å². The van der Waals surface area contributed by atoms with E-state index in [9.17, 15) is 9.59 Å². The molecule has 0 unspecified atom stereocenters. The highest BCUT2D eigenvalue weighted by Crippen LogP contribution is 2.33. The molecule has 1 aliphatic rings. The van der Waals surface area contributed by atoms with Crippen LogP contribution >= 0.6 is 11.8 Å². The molecule has 0 aromatic heterocycles. The number of benzene rings is 2. The third-order valence-corrected chi connectivity index (χ3v) is 7.61. The van der Waals surface area contributed by atoms with Crippen molar-refractivity contribution in [3.05, 3.63) is 58.7 Å². The predicted molar refractivity (Wildman–Crippen MR) is 137 cm³/mol. The van der Waals surface area contributed by atoms with E-state index < -0.39 is 5.60 Å². The zero-order chi connectivity index (χ0) is 24.3. The lowest BCUT2D eigenvalue weighted by molar-refractivity contribution is -0.129. The number of hydrogen-bond acceptors (Lipinski definition) is 5. The molecule has 1 aliphatic heterocycles. The van der Waals surface area contributed by atoms with Crippen molar-refractivity contribution in [3.63, 3.8) is 0 Å². The second-order valence-electron chi connectivity index (χ2n) is 9.95. The summed E-state index contributed by atoms with van der Waals surface area (Å²) >= 11 is 1.69. The van der Waals surface area contributed by atoms with Crippen molar-refractivity contribution in [1.82, 2.24) is 4.90 Å². The van der Waals surface area contributed by atoms with Crippen LogP contribution in [0.25, 0.3) is 0 Å². The number of rotatable bonds is 9. The first-order valence-electron chi connectivity index (χ1n) is 11.7. The van der Waals surface area contributed by atoms with E-state index in [0.717, 1.165) is 48.4 Å². The lowest BCUT2D eigenvalue weighted by Gasteiger charge is -2.26. The van der Waals surface area contributed by atoms with Gasteiger partial charge in [-0.1, -0.05) is 24.3 Å². The largest absolute Gasteiger partial charge is 0.480 e. The van der Waals surface area contributed by atoms with Gasteiger partial charge in [0.1, 0.15) is 5.75 Å². The van der Waals surface area contributed by atoms with Gasteiger partial charge in [-0.05, 0) is 95.5 Å². The van der Waals surface area contributed by atoms with E-state index in [2.05, 4.69) is 24.1 Å². The zero-order valence-electron chi connectivity index (χ0n) is 21.0. The van der Waals surface area contributed by atoms with Crippen LogP contribution in [0.2, 0.25) is 0 Å². The summed E-state index contributed by atoms with van der Waals surface area (Å²) in [5.74, 6) is 1.45. The highest BCUT2D eigenvalue weighted by molar-refractivity contribution is 7.98. The number of carbonyl (C=O) groups is 2. The average molecular weight is 468 g/mol. The molecule has 0 saturated carbocycles. The molecule has 5 heteroatoms. The van der Waals surface area contributed by atoms with Gasteiger partial charge in [0.25, 0.3) is 0 Å². The van der Waals surface area contributed by atoms with Crippen LogP contribution < -0.4 is 4.74 Å². The van der Waals surface area contributed by atoms with E-state index in [1.807, 2.05) is 58.2 Å². The summed E-state index contributed by atoms with van der Waals surface area (Å²) in [7, 11) is 2.11. The zero-order valence-corrected chi connectivity index (χ0v) is 21.8. The summed E-state index contributed by atoms with van der Waals surface area (Å²) in [6.07, 6.45) is 3.94. The second-order valence-corrected chi connectivity index (χ2v) is 10.8. The molecule has 0 N–H and O–H groups in total. The van der Waals surface area contributed by atoms with E-state index in [1.165, 1.54) is 10.5 Å². The molecule has 4 nitrogen and oxygen atoms in total. The van der Waals surface area contributed by atoms with Crippen LogP contribution in [0.3, 0.4) is 0 Å². The fraction of sp³-hybridized carbons (Fsp3) is 0.500. The number of hydrogen-bond donors (Lipinski definition) is 0. The van der Waals surface area contributed by atoms with Crippen LogP contribution in [0.4, 0.5) is 0 Å². The number of ether oxygens (including phenoxy) is 1. The molecule has 1 saturated heterocycles. The van der Waals surface area contributed by atoms with E-state index in [-0.39, 0.29) is 17.5 Å². The van der Waals surface area contributed by atoms with Gasteiger partial charge in [-0.3, -0.25) is 9.59 Å². The molecule has 2 aromatic rings. The summed E-state index contributed by atoms with van der Waals surface area (Å²) in [6.45, 7) is 11.0. The molecular weight excluding hydrogens is 430 g/mol. The van der Waals surface area contributed by atoms with Crippen molar-refractivity contribution < 1.29 is 14.3 Å². The normalized spacial score (nSPS) is 19.0. The Bertz CT molecular complexity index is 989. The standard InChI is InChI=1S/C28H37NO3S/c1-18-14-21(15-19(2)27(18)32-28(4,5)20(3)30)8-9-23-16-29(6)17-25(23)26(31)22-10-12-24(33-7)13-11-22/h10-15,23,25H,8-9,16-17H2,1-7H3/t23-,25-/m1/s1. The van der Waals surface area contributed by atoms with Crippen LogP contribution in [0.5, 0.6) is 5.75 Å². The Morgan fingerprint density at radius 1 is 1.09 bits per heavy atom. The van der Waals surface area contributed by atoms with Crippen LogP contribution in [0.1, 0.15) is 54.2 Å². The topological polar surface area (TPSA) is 46.6 Å². The van der Waals surface area contributed by atoms with Gasteiger partial charge in [-0.15, -0.1) is 11.8 Å². The lowest BCUT2D eigenvalue weighted by atomic mass is 9.84. The quantitative estimate of drug-likeness (QED) is 0.346. The minimum Gasteiger partial charge on any atom is -0.480 e. The van der Waals surface area contributed by atoms with E-state index in [1.54, 1.807) is 18.7 Å². The van der Waals surface area contributed by atoms with Gasteiger partial charge >= 0.3 is 0 Å². The molecular formula is C28H37NO3S. The number of Topliss-reactive ketones (excluding diaryl/α,β-unsaturated/α-hetero) is 2. The summed E-state index contributed by atoms with van der Waals surface area (Å²) in [4.78, 5) is 28.6. The Morgan fingerprint density at radius 3 is 2.24 bits per heavy atom. The van der Waals surface area contributed by atoms with Gasteiger partial charge in [-0.2, -0.15) is 0 Å². The number of nitrogens with zero attached hydrogens (tertiary/aromatic N) is 1. The van der Waals surface area contributed by atoms with Crippen LogP contribution in [-0.2, 0) is 11.2 Å². The highest BCUT2D eigenvalue weighted by atomic mass is 32.2. The van der Waals surface area contributed by atoms with Crippen molar-refractivity contribution >= 4 is 23.3 Å². The first-order chi connectivity index (χ1) is 15.5. The third-order valence-electron chi connectivity index (χ3n) is 6.86. The monoisotopic (exact) mass is 467 g/mol. The SMILES string of the molecule is CSc1ccc(C(=O)[C@@H]2CN(C)C[C@H]2CCc2cc(C)c(OC(C)(C)C(C)=O)c(C)c2)cc1. The maximum absolute atomic E-state index is 13.3. The van der Waals surface area contributed by atoms with Gasteiger partial charge in [0.05, 0.1) is 0 Å². The Hall–Kier alpha value is -2.11. The number of ketones is 2. The molecule has 1 fully saturated rings. The summed E-state index contributed by atoms with van der Waals surface area (Å²) in [5.41, 5.74) is 3.32. The molecule has 0 bridgehead atoms. The van der Waals surface area contributed by atoms with E-state index in [0.29, 0.717) is 5.92 Å². The third kappa shape index (κ3) is 6.07. The Kier molecular flexibility index (Phi) is 8.07. The fourth-order valence-electron chi connectivity index (χ4n) is 4.67. The van der Waals surface area contributed by atoms with Crippen LogP contribution in [-0.4, -0.2) is 48.5 Å². The Morgan fingerprint density at radius 2 is 1.70 bits per heavy atom. The number of carbonyl (C=O) groups excluding carboxylic acids is 2. The number of aryl methyl sites for hydroxylation is 3. The molecule has 0 amide bonds. The first-order valence-corrected chi connectivity index (χ1v) is 12.9. The summed E-state index contributed by atoms with van der Waals surface area (Å²) < 4.78 is 6.08. The molecule has 178 valence electrons. The highest BCUT2D eigenvalue weighted by Gasteiger charge is 2.36. The maximum Gasteiger partial charge on any atom is 0.172 e. The smallest absolute Gasteiger partial charge is 0.172 e. The first kappa shape index (κ1) is 25.5. The molecule has 33 heavy (non-hydrogen) atoms. The molecule has 0 spiro atoms. The molecule has 2 atom stereocenters. The van der Waals surface area contributed by atoms with E-state index >= 15 is 0 Å². The summed E-state index contributed by atoms with van der Waals surface area (Å²) in [6, 6.07) is 12.3. The molecule has 1 heterocycles. The summed E-state index contributed by atoms with van der Waals surface area (Å²) in [5, 5.41) is 0. The van der Waals surface area contributed by atoms with Gasteiger partial charge < -0.3 is 9.64 Å². The Balaban J connectivity index is 1.71. The van der Waals surface area contributed by atoms with Gasteiger partial charge in [0.2, 0.25) is 0 Å². The predicted octanol–water partition coefficient (Wildman–Crippen LogP) is 5.77. The molecule has 0 aliphatic carbocycles.